The minimum Gasteiger partial charge on any atom is -0.396 e. The number of hydrogen-bond acceptors (Lipinski definition) is 2. The van der Waals surface area contributed by atoms with Crippen LogP contribution < -0.4 is 5.73 Å². The number of halogens is 1. The minimum atomic E-state index is -0.346. The summed E-state index contributed by atoms with van der Waals surface area (Å²) in [5.41, 5.74) is 6.20. The zero-order valence-electron chi connectivity index (χ0n) is 7.52. The highest BCUT2D eigenvalue weighted by Gasteiger charge is 2.04. The van der Waals surface area contributed by atoms with Crippen molar-refractivity contribution >= 4 is 5.69 Å². The molecule has 72 valence electrons. The van der Waals surface area contributed by atoms with Crippen molar-refractivity contribution in [2.24, 2.45) is 0 Å². The third-order valence-electron chi connectivity index (χ3n) is 2.02. The van der Waals surface area contributed by atoms with Gasteiger partial charge in [-0.3, -0.25) is 0 Å². The number of imidazole rings is 1. The summed E-state index contributed by atoms with van der Waals surface area (Å²) in [5.74, 6) is -0.346. The van der Waals surface area contributed by atoms with Crippen molar-refractivity contribution in [1.82, 2.24) is 9.55 Å². The molecule has 1 aromatic carbocycles. The van der Waals surface area contributed by atoms with Crippen LogP contribution in [0.15, 0.2) is 36.9 Å². The number of hydrogen-bond donors (Lipinski definition) is 1. The topological polar surface area (TPSA) is 43.8 Å². The molecule has 0 radical (unpaired) electrons. The second-order valence-electron chi connectivity index (χ2n) is 3.06. The molecule has 0 amide bonds. The van der Waals surface area contributed by atoms with Crippen LogP contribution in [0.2, 0.25) is 0 Å². The fourth-order valence-electron chi connectivity index (χ4n) is 1.30. The van der Waals surface area contributed by atoms with Gasteiger partial charge in [-0.25, -0.2) is 9.37 Å². The molecule has 3 nitrogen and oxygen atoms in total. The van der Waals surface area contributed by atoms with Crippen LogP contribution in [0.25, 0.3) is 0 Å². The quantitative estimate of drug-likeness (QED) is 0.733. The molecule has 0 unspecified atom stereocenters. The van der Waals surface area contributed by atoms with E-state index in [0.29, 0.717) is 12.1 Å². The van der Waals surface area contributed by atoms with Crippen molar-refractivity contribution < 1.29 is 4.39 Å². The number of nitrogens with zero attached hydrogens (tertiary/aromatic N) is 2. The average molecular weight is 191 g/mol. The SMILES string of the molecule is Nc1cccc(Cn2ccnc2)c1F. The summed E-state index contributed by atoms with van der Waals surface area (Å²) < 4.78 is 15.2. The maximum absolute atomic E-state index is 13.4. The van der Waals surface area contributed by atoms with Crippen molar-refractivity contribution in [3.63, 3.8) is 0 Å². The Hall–Kier alpha value is -1.84. The van der Waals surface area contributed by atoms with Gasteiger partial charge in [-0.15, -0.1) is 0 Å². The smallest absolute Gasteiger partial charge is 0.151 e. The van der Waals surface area contributed by atoms with Gasteiger partial charge in [0.2, 0.25) is 0 Å². The summed E-state index contributed by atoms with van der Waals surface area (Å²) in [5, 5.41) is 0. The maximum Gasteiger partial charge on any atom is 0.151 e. The summed E-state index contributed by atoms with van der Waals surface area (Å²) in [7, 11) is 0. The van der Waals surface area contributed by atoms with Crippen molar-refractivity contribution in [2.75, 3.05) is 5.73 Å². The average Bonchev–Trinajstić information content (AvgIpc) is 2.66. The van der Waals surface area contributed by atoms with Gasteiger partial charge in [-0.1, -0.05) is 12.1 Å². The van der Waals surface area contributed by atoms with Gasteiger partial charge in [0, 0.05) is 18.0 Å². The Morgan fingerprint density at radius 1 is 1.43 bits per heavy atom. The summed E-state index contributed by atoms with van der Waals surface area (Å²) >= 11 is 0. The van der Waals surface area contributed by atoms with Crippen LogP contribution in [0, 0.1) is 5.82 Å². The van der Waals surface area contributed by atoms with Gasteiger partial charge in [0.1, 0.15) is 0 Å². The van der Waals surface area contributed by atoms with Crippen LogP contribution >= 0.6 is 0 Å². The van der Waals surface area contributed by atoms with E-state index >= 15 is 0 Å². The second-order valence-corrected chi connectivity index (χ2v) is 3.06. The molecule has 2 N–H and O–H groups in total. The van der Waals surface area contributed by atoms with Crippen molar-refractivity contribution in [2.45, 2.75) is 6.54 Å². The van der Waals surface area contributed by atoms with Crippen LogP contribution in [0.5, 0.6) is 0 Å². The summed E-state index contributed by atoms with van der Waals surface area (Å²) in [6.45, 7) is 0.455. The Kier molecular flexibility index (Phi) is 2.18. The number of anilines is 1. The molecule has 14 heavy (non-hydrogen) atoms. The lowest BCUT2D eigenvalue weighted by Crippen LogP contribution is -2.01. The lowest BCUT2D eigenvalue weighted by atomic mass is 10.2. The number of nitrogen functional groups attached to an aromatic ring is 1. The first-order valence-electron chi connectivity index (χ1n) is 4.26. The van der Waals surface area contributed by atoms with Gasteiger partial charge < -0.3 is 10.3 Å². The lowest BCUT2D eigenvalue weighted by Gasteiger charge is -2.05. The first-order chi connectivity index (χ1) is 6.77. The molecule has 1 aromatic heterocycles. The van der Waals surface area contributed by atoms with Crippen molar-refractivity contribution in [1.29, 1.82) is 0 Å². The molecule has 4 heteroatoms. The molecule has 0 saturated heterocycles. The highest BCUT2D eigenvalue weighted by Crippen LogP contribution is 2.15. The van der Waals surface area contributed by atoms with E-state index in [1.807, 2.05) is 0 Å². The van der Waals surface area contributed by atoms with E-state index in [0.717, 1.165) is 0 Å². The Balaban J connectivity index is 2.29. The van der Waals surface area contributed by atoms with Gasteiger partial charge in [0.05, 0.1) is 18.6 Å². The zero-order chi connectivity index (χ0) is 9.97. The first kappa shape index (κ1) is 8.74. The number of rotatable bonds is 2. The van der Waals surface area contributed by atoms with E-state index in [-0.39, 0.29) is 11.5 Å². The van der Waals surface area contributed by atoms with Crippen molar-refractivity contribution in [3.8, 4) is 0 Å². The number of nitrogens with two attached hydrogens (primary N) is 1. The highest BCUT2D eigenvalue weighted by atomic mass is 19.1. The molecular weight excluding hydrogens is 181 g/mol. The van der Waals surface area contributed by atoms with Gasteiger partial charge in [-0.05, 0) is 6.07 Å². The minimum absolute atomic E-state index is 0.183. The molecule has 1 heterocycles. The van der Waals surface area contributed by atoms with Crippen LogP contribution in [0.3, 0.4) is 0 Å². The standard InChI is InChI=1S/C10H10FN3/c11-10-8(2-1-3-9(10)12)6-14-5-4-13-7-14/h1-5,7H,6,12H2. The predicted octanol–water partition coefficient (Wildman–Crippen LogP) is 1.65. The fraction of sp³-hybridized carbons (Fsp3) is 0.100. The first-order valence-corrected chi connectivity index (χ1v) is 4.26. The maximum atomic E-state index is 13.4. The normalized spacial score (nSPS) is 10.4. The van der Waals surface area contributed by atoms with Crippen LogP contribution in [0.1, 0.15) is 5.56 Å². The van der Waals surface area contributed by atoms with E-state index in [1.54, 1.807) is 41.5 Å². The Morgan fingerprint density at radius 2 is 2.29 bits per heavy atom. The van der Waals surface area contributed by atoms with E-state index < -0.39 is 0 Å². The Bertz CT molecular complexity index is 423. The number of aromatic nitrogens is 2. The molecule has 2 aromatic rings. The molecule has 0 aliphatic carbocycles. The van der Waals surface area contributed by atoms with Gasteiger partial charge in [0.15, 0.2) is 5.82 Å². The van der Waals surface area contributed by atoms with Crippen molar-refractivity contribution in [3.05, 3.63) is 48.3 Å². The molecule has 0 aliphatic heterocycles. The lowest BCUT2D eigenvalue weighted by molar-refractivity contribution is 0.604. The third kappa shape index (κ3) is 1.59. The van der Waals surface area contributed by atoms with Gasteiger partial charge in [0.25, 0.3) is 0 Å². The van der Waals surface area contributed by atoms with Gasteiger partial charge >= 0.3 is 0 Å². The molecule has 0 aliphatic rings. The molecule has 0 spiro atoms. The molecule has 2 rings (SSSR count). The zero-order valence-corrected chi connectivity index (χ0v) is 7.52. The van der Waals surface area contributed by atoms with E-state index in [9.17, 15) is 4.39 Å². The number of benzene rings is 1. The molecule has 0 atom stereocenters. The largest absolute Gasteiger partial charge is 0.396 e. The predicted molar refractivity (Wildman–Crippen MR) is 52.1 cm³/mol. The molecule has 0 bridgehead atoms. The van der Waals surface area contributed by atoms with Crippen LogP contribution in [-0.2, 0) is 6.54 Å². The fourth-order valence-corrected chi connectivity index (χ4v) is 1.30. The summed E-state index contributed by atoms with van der Waals surface area (Å²) in [6, 6.07) is 5.00. The monoisotopic (exact) mass is 191 g/mol. The highest BCUT2D eigenvalue weighted by molar-refractivity contribution is 5.42. The Morgan fingerprint density at radius 3 is 3.00 bits per heavy atom. The summed E-state index contributed by atoms with van der Waals surface area (Å²) in [4.78, 5) is 3.88. The molecule has 0 fully saturated rings. The summed E-state index contributed by atoms with van der Waals surface area (Å²) in [6.07, 6.45) is 5.08. The van der Waals surface area contributed by atoms with E-state index in [4.69, 9.17) is 5.73 Å². The second kappa shape index (κ2) is 3.49. The Labute approximate surface area is 81.0 Å². The van der Waals surface area contributed by atoms with E-state index in [1.165, 1.54) is 0 Å². The van der Waals surface area contributed by atoms with Crippen LogP contribution in [0.4, 0.5) is 10.1 Å². The molecular formula is C10H10FN3. The molecule has 0 saturated carbocycles. The van der Waals surface area contributed by atoms with Gasteiger partial charge in [-0.2, -0.15) is 0 Å². The third-order valence-corrected chi connectivity index (χ3v) is 2.02. The van der Waals surface area contributed by atoms with Crippen LogP contribution in [-0.4, -0.2) is 9.55 Å². The van der Waals surface area contributed by atoms with E-state index in [2.05, 4.69) is 4.98 Å².